The molecule has 3 nitrogen and oxygen atoms in total. The van der Waals surface area contributed by atoms with Crippen molar-refractivity contribution in [1.82, 2.24) is 10.6 Å². The molecule has 0 radical (unpaired) electrons. The van der Waals surface area contributed by atoms with Gasteiger partial charge in [-0.25, -0.2) is 0 Å². The van der Waals surface area contributed by atoms with E-state index in [4.69, 9.17) is 0 Å². The number of hydrogen-bond acceptors (Lipinski definition) is 2. The fourth-order valence-electron chi connectivity index (χ4n) is 1.80. The van der Waals surface area contributed by atoms with Gasteiger partial charge in [-0.3, -0.25) is 4.79 Å². The smallest absolute Gasteiger partial charge is 0.233 e. The van der Waals surface area contributed by atoms with Crippen LogP contribution in [0.3, 0.4) is 0 Å². The third-order valence-corrected chi connectivity index (χ3v) is 2.69. The van der Waals surface area contributed by atoms with Gasteiger partial charge in [0, 0.05) is 6.54 Å². The Balaban J connectivity index is 2.04. The van der Waals surface area contributed by atoms with Crippen molar-refractivity contribution in [2.45, 2.75) is 39.0 Å². The predicted molar refractivity (Wildman–Crippen MR) is 62.7 cm³/mol. The largest absolute Gasteiger partial charge is 0.355 e. The number of allylic oxidation sites excluding steroid dienone is 1. The number of carbonyl (C=O) groups is 1. The van der Waals surface area contributed by atoms with Crippen molar-refractivity contribution in [2.24, 2.45) is 0 Å². The van der Waals surface area contributed by atoms with Crippen LogP contribution >= 0.6 is 0 Å². The van der Waals surface area contributed by atoms with Gasteiger partial charge < -0.3 is 10.6 Å². The topological polar surface area (TPSA) is 41.1 Å². The van der Waals surface area contributed by atoms with Crippen molar-refractivity contribution in [3.8, 4) is 0 Å². The van der Waals surface area contributed by atoms with Crippen molar-refractivity contribution in [2.75, 3.05) is 19.6 Å². The SMILES string of the molecule is CCNCC(=O)NCCC1=CCCCC1. The van der Waals surface area contributed by atoms with E-state index in [2.05, 4.69) is 16.7 Å². The third kappa shape index (κ3) is 5.57. The van der Waals surface area contributed by atoms with Gasteiger partial charge in [-0.15, -0.1) is 0 Å². The van der Waals surface area contributed by atoms with E-state index < -0.39 is 0 Å². The second kappa shape index (κ2) is 7.46. The molecule has 1 amide bonds. The summed E-state index contributed by atoms with van der Waals surface area (Å²) in [5, 5.41) is 5.93. The molecule has 0 aromatic carbocycles. The van der Waals surface area contributed by atoms with Crippen LogP contribution in [0.2, 0.25) is 0 Å². The van der Waals surface area contributed by atoms with Gasteiger partial charge in [0.2, 0.25) is 5.91 Å². The molecular formula is C12H22N2O. The summed E-state index contributed by atoms with van der Waals surface area (Å²) in [5.74, 6) is 0.105. The third-order valence-electron chi connectivity index (χ3n) is 2.69. The first-order chi connectivity index (χ1) is 7.33. The van der Waals surface area contributed by atoms with Crippen LogP contribution in [0.25, 0.3) is 0 Å². The first kappa shape index (κ1) is 12.2. The zero-order valence-corrected chi connectivity index (χ0v) is 9.64. The number of likely N-dealkylation sites (N-methyl/N-ethyl adjacent to an activating group) is 1. The molecule has 0 spiro atoms. The predicted octanol–water partition coefficient (Wildman–Crippen LogP) is 1.60. The Kier molecular flexibility index (Phi) is 6.09. The molecule has 0 bridgehead atoms. The van der Waals surface area contributed by atoms with E-state index in [1.807, 2.05) is 6.92 Å². The summed E-state index contributed by atoms with van der Waals surface area (Å²) in [6.45, 7) is 4.07. The quantitative estimate of drug-likeness (QED) is 0.654. The molecule has 0 fully saturated rings. The lowest BCUT2D eigenvalue weighted by atomic mass is 9.97. The van der Waals surface area contributed by atoms with Gasteiger partial charge in [0.1, 0.15) is 0 Å². The van der Waals surface area contributed by atoms with E-state index >= 15 is 0 Å². The average Bonchev–Trinajstić information content (AvgIpc) is 2.28. The molecule has 0 aromatic rings. The monoisotopic (exact) mass is 210 g/mol. The van der Waals surface area contributed by atoms with Crippen molar-refractivity contribution >= 4 is 5.91 Å². The summed E-state index contributed by atoms with van der Waals surface area (Å²) in [5.41, 5.74) is 1.52. The Hall–Kier alpha value is -0.830. The van der Waals surface area contributed by atoms with Crippen LogP contribution in [0.15, 0.2) is 11.6 Å². The van der Waals surface area contributed by atoms with Crippen LogP contribution in [0, 0.1) is 0 Å². The number of carbonyl (C=O) groups excluding carboxylic acids is 1. The van der Waals surface area contributed by atoms with Gasteiger partial charge in [-0.1, -0.05) is 18.6 Å². The minimum absolute atomic E-state index is 0.105. The lowest BCUT2D eigenvalue weighted by Gasteiger charge is -2.12. The summed E-state index contributed by atoms with van der Waals surface area (Å²) in [4.78, 5) is 11.3. The zero-order chi connectivity index (χ0) is 10.9. The fourth-order valence-corrected chi connectivity index (χ4v) is 1.80. The normalized spacial score (nSPS) is 15.9. The molecule has 1 aliphatic carbocycles. The van der Waals surface area contributed by atoms with Crippen molar-refractivity contribution in [1.29, 1.82) is 0 Å². The highest BCUT2D eigenvalue weighted by molar-refractivity contribution is 5.77. The van der Waals surface area contributed by atoms with Crippen LogP contribution in [0.1, 0.15) is 39.0 Å². The van der Waals surface area contributed by atoms with Crippen molar-refractivity contribution in [3.63, 3.8) is 0 Å². The molecular weight excluding hydrogens is 188 g/mol. The molecule has 0 saturated carbocycles. The molecule has 0 atom stereocenters. The Morgan fingerprint density at radius 2 is 2.33 bits per heavy atom. The Bertz CT molecular complexity index is 224. The molecule has 1 rings (SSSR count). The summed E-state index contributed by atoms with van der Waals surface area (Å²) >= 11 is 0. The van der Waals surface area contributed by atoms with Crippen LogP contribution in [0.4, 0.5) is 0 Å². The van der Waals surface area contributed by atoms with Crippen LogP contribution in [-0.4, -0.2) is 25.5 Å². The van der Waals surface area contributed by atoms with Gasteiger partial charge in [0.15, 0.2) is 0 Å². The highest BCUT2D eigenvalue weighted by Gasteiger charge is 2.04. The molecule has 2 N–H and O–H groups in total. The molecule has 0 heterocycles. The van der Waals surface area contributed by atoms with Gasteiger partial charge in [-0.2, -0.15) is 0 Å². The highest BCUT2D eigenvalue weighted by Crippen LogP contribution is 2.19. The maximum atomic E-state index is 11.3. The van der Waals surface area contributed by atoms with Crippen LogP contribution < -0.4 is 10.6 Å². The molecule has 0 aliphatic heterocycles. The lowest BCUT2D eigenvalue weighted by molar-refractivity contribution is -0.120. The van der Waals surface area contributed by atoms with E-state index in [0.717, 1.165) is 19.5 Å². The molecule has 1 aliphatic rings. The summed E-state index contributed by atoms with van der Waals surface area (Å²) < 4.78 is 0. The van der Waals surface area contributed by atoms with E-state index in [9.17, 15) is 4.79 Å². The van der Waals surface area contributed by atoms with E-state index in [1.54, 1.807) is 0 Å². The maximum absolute atomic E-state index is 11.3. The van der Waals surface area contributed by atoms with Gasteiger partial charge in [-0.05, 0) is 38.6 Å². The summed E-state index contributed by atoms with van der Waals surface area (Å²) in [7, 11) is 0. The minimum atomic E-state index is 0.105. The van der Waals surface area contributed by atoms with Gasteiger partial charge >= 0.3 is 0 Å². The van der Waals surface area contributed by atoms with Gasteiger partial charge in [0.25, 0.3) is 0 Å². The minimum Gasteiger partial charge on any atom is -0.355 e. The average molecular weight is 210 g/mol. The van der Waals surface area contributed by atoms with E-state index in [1.165, 1.54) is 31.3 Å². The number of nitrogens with one attached hydrogen (secondary N) is 2. The first-order valence-corrected chi connectivity index (χ1v) is 5.98. The lowest BCUT2D eigenvalue weighted by Crippen LogP contribution is -2.34. The fraction of sp³-hybridized carbons (Fsp3) is 0.750. The molecule has 3 heteroatoms. The second-order valence-corrected chi connectivity index (χ2v) is 3.99. The molecule has 0 aromatic heterocycles. The Labute approximate surface area is 92.3 Å². The van der Waals surface area contributed by atoms with Crippen molar-refractivity contribution in [3.05, 3.63) is 11.6 Å². The Morgan fingerprint density at radius 1 is 1.47 bits per heavy atom. The van der Waals surface area contributed by atoms with Gasteiger partial charge in [0.05, 0.1) is 6.54 Å². The second-order valence-electron chi connectivity index (χ2n) is 3.99. The van der Waals surface area contributed by atoms with Crippen LogP contribution in [0.5, 0.6) is 0 Å². The first-order valence-electron chi connectivity index (χ1n) is 5.98. The molecule has 86 valence electrons. The molecule has 0 unspecified atom stereocenters. The molecule has 0 saturated heterocycles. The van der Waals surface area contributed by atoms with Crippen LogP contribution in [-0.2, 0) is 4.79 Å². The standard InChI is InChI=1S/C12H22N2O/c1-2-13-10-12(15)14-9-8-11-6-4-3-5-7-11/h6,13H,2-5,7-10H2,1H3,(H,14,15). The van der Waals surface area contributed by atoms with E-state index in [-0.39, 0.29) is 5.91 Å². The number of hydrogen-bond donors (Lipinski definition) is 2. The summed E-state index contributed by atoms with van der Waals surface area (Å²) in [6, 6.07) is 0. The Morgan fingerprint density at radius 3 is 3.00 bits per heavy atom. The maximum Gasteiger partial charge on any atom is 0.233 e. The number of amides is 1. The number of rotatable bonds is 6. The van der Waals surface area contributed by atoms with Crippen molar-refractivity contribution < 1.29 is 4.79 Å². The highest BCUT2D eigenvalue weighted by atomic mass is 16.1. The van der Waals surface area contributed by atoms with E-state index in [0.29, 0.717) is 6.54 Å². The molecule has 15 heavy (non-hydrogen) atoms. The zero-order valence-electron chi connectivity index (χ0n) is 9.64. The summed E-state index contributed by atoms with van der Waals surface area (Å²) in [6.07, 6.45) is 8.45.